The van der Waals surface area contributed by atoms with Gasteiger partial charge in [0.2, 0.25) is 0 Å². The molecule has 2 heterocycles. The van der Waals surface area contributed by atoms with E-state index in [4.69, 9.17) is 4.74 Å². The molecule has 1 saturated heterocycles. The molecule has 1 fully saturated rings. The molecule has 0 saturated carbocycles. The Labute approximate surface area is 125 Å². The fourth-order valence-corrected chi connectivity index (χ4v) is 2.72. The molecule has 5 nitrogen and oxygen atoms in total. The molecule has 0 spiro atoms. The number of hydrogen-bond acceptors (Lipinski definition) is 4. The molecular formula is C16H22N4O. The molecule has 0 radical (unpaired) electrons. The van der Waals surface area contributed by atoms with E-state index in [2.05, 4.69) is 46.2 Å². The summed E-state index contributed by atoms with van der Waals surface area (Å²) in [5, 5.41) is 4.60. The fourth-order valence-electron chi connectivity index (χ4n) is 2.72. The highest BCUT2D eigenvalue weighted by molar-refractivity contribution is 5.34. The molecule has 1 aromatic carbocycles. The molecule has 3 rings (SSSR count). The van der Waals surface area contributed by atoms with Gasteiger partial charge in [0, 0.05) is 7.11 Å². The van der Waals surface area contributed by atoms with Crippen LogP contribution in [-0.4, -0.2) is 39.9 Å². The molecule has 5 heteroatoms. The quantitative estimate of drug-likeness (QED) is 0.846. The van der Waals surface area contributed by atoms with E-state index in [-0.39, 0.29) is 0 Å². The van der Waals surface area contributed by atoms with Gasteiger partial charge in [-0.15, -0.1) is 5.10 Å². The van der Waals surface area contributed by atoms with Crippen molar-refractivity contribution < 1.29 is 4.74 Å². The van der Waals surface area contributed by atoms with Crippen molar-refractivity contribution >= 4 is 0 Å². The van der Waals surface area contributed by atoms with Crippen molar-refractivity contribution in [3.05, 3.63) is 41.5 Å². The predicted molar refractivity (Wildman–Crippen MR) is 81.3 cm³/mol. The first-order valence-electron chi connectivity index (χ1n) is 7.49. The summed E-state index contributed by atoms with van der Waals surface area (Å²) < 4.78 is 7.12. The monoisotopic (exact) mass is 286 g/mol. The van der Waals surface area contributed by atoms with Crippen LogP contribution in [-0.2, 0) is 17.9 Å². The molecule has 0 bridgehead atoms. The van der Waals surface area contributed by atoms with Gasteiger partial charge in [-0.1, -0.05) is 17.7 Å². The molecule has 1 aromatic heterocycles. The number of methoxy groups -OCH3 is 1. The van der Waals surface area contributed by atoms with Crippen LogP contribution in [0.4, 0.5) is 0 Å². The van der Waals surface area contributed by atoms with E-state index in [9.17, 15) is 0 Å². The molecule has 112 valence electrons. The topological polar surface area (TPSA) is 43.2 Å². The van der Waals surface area contributed by atoms with Gasteiger partial charge >= 0.3 is 0 Å². The highest BCUT2D eigenvalue weighted by Crippen LogP contribution is 2.16. The van der Waals surface area contributed by atoms with Crippen LogP contribution in [0.1, 0.15) is 30.1 Å². The van der Waals surface area contributed by atoms with Gasteiger partial charge in [0.05, 0.1) is 12.2 Å². The number of rotatable bonds is 5. The van der Waals surface area contributed by atoms with Crippen LogP contribution >= 0.6 is 0 Å². The Kier molecular flexibility index (Phi) is 4.31. The summed E-state index contributed by atoms with van der Waals surface area (Å²) in [6.45, 7) is 5.70. The number of hydrogen-bond donors (Lipinski definition) is 0. The Morgan fingerprint density at radius 2 is 1.86 bits per heavy atom. The van der Waals surface area contributed by atoms with Gasteiger partial charge in [-0.05, 0) is 45.0 Å². The van der Waals surface area contributed by atoms with Crippen molar-refractivity contribution in [2.75, 3.05) is 20.2 Å². The van der Waals surface area contributed by atoms with E-state index in [1.54, 1.807) is 7.11 Å². The zero-order valence-electron chi connectivity index (χ0n) is 12.7. The van der Waals surface area contributed by atoms with Crippen LogP contribution < -0.4 is 0 Å². The fraction of sp³-hybridized carbons (Fsp3) is 0.500. The molecule has 0 aliphatic carbocycles. The molecule has 0 amide bonds. The van der Waals surface area contributed by atoms with Gasteiger partial charge in [-0.25, -0.2) is 9.67 Å². The van der Waals surface area contributed by atoms with Gasteiger partial charge in [0.25, 0.3) is 0 Å². The Balaban J connectivity index is 1.90. The summed E-state index contributed by atoms with van der Waals surface area (Å²) in [5.41, 5.74) is 2.31. The third-order valence-electron chi connectivity index (χ3n) is 3.83. The van der Waals surface area contributed by atoms with E-state index in [0.29, 0.717) is 6.61 Å². The molecule has 0 unspecified atom stereocenters. The number of likely N-dealkylation sites (tertiary alicyclic amines) is 1. The summed E-state index contributed by atoms with van der Waals surface area (Å²) >= 11 is 0. The van der Waals surface area contributed by atoms with Gasteiger partial charge < -0.3 is 4.74 Å². The van der Waals surface area contributed by atoms with Gasteiger partial charge in [-0.2, -0.15) is 0 Å². The average Bonchev–Trinajstić information content (AvgIpc) is 3.11. The Hall–Kier alpha value is -1.72. The second-order valence-corrected chi connectivity index (χ2v) is 5.61. The van der Waals surface area contributed by atoms with E-state index >= 15 is 0 Å². The lowest BCUT2D eigenvalue weighted by molar-refractivity contribution is 0.177. The van der Waals surface area contributed by atoms with Crippen molar-refractivity contribution in [2.45, 2.75) is 32.9 Å². The first-order chi connectivity index (χ1) is 10.3. The molecule has 0 N–H and O–H groups in total. The largest absolute Gasteiger partial charge is 0.377 e. The second-order valence-electron chi connectivity index (χ2n) is 5.61. The molecule has 21 heavy (non-hydrogen) atoms. The third-order valence-corrected chi connectivity index (χ3v) is 3.83. The van der Waals surface area contributed by atoms with Crippen LogP contribution in [0.15, 0.2) is 24.3 Å². The molecule has 2 aromatic rings. The van der Waals surface area contributed by atoms with Crippen LogP contribution in [0.3, 0.4) is 0 Å². The maximum absolute atomic E-state index is 5.17. The smallest absolute Gasteiger partial charge is 0.177 e. The van der Waals surface area contributed by atoms with Crippen LogP contribution in [0.2, 0.25) is 0 Å². The summed E-state index contributed by atoms with van der Waals surface area (Å²) in [6.07, 6.45) is 2.56. The van der Waals surface area contributed by atoms with E-state index < -0.39 is 0 Å². The lowest BCUT2D eigenvalue weighted by atomic mass is 10.2. The Morgan fingerprint density at radius 3 is 2.52 bits per heavy atom. The van der Waals surface area contributed by atoms with Crippen LogP contribution in [0, 0.1) is 6.92 Å². The predicted octanol–water partition coefficient (Wildman–Crippen LogP) is 2.32. The number of ether oxygens (including phenoxy) is 1. The van der Waals surface area contributed by atoms with E-state index in [1.165, 1.54) is 18.4 Å². The first kappa shape index (κ1) is 14.2. The summed E-state index contributed by atoms with van der Waals surface area (Å²) in [6, 6.07) is 8.39. The molecule has 1 aliphatic heterocycles. The summed E-state index contributed by atoms with van der Waals surface area (Å²) in [4.78, 5) is 7.08. The first-order valence-corrected chi connectivity index (χ1v) is 7.49. The van der Waals surface area contributed by atoms with Crippen molar-refractivity contribution in [1.29, 1.82) is 0 Å². The minimum atomic E-state index is 0.450. The molecule has 1 aliphatic rings. The zero-order chi connectivity index (χ0) is 14.7. The second kappa shape index (κ2) is 6.37. The van der Waals surface area contributed by atoms with Gasteiger partial charge in [0.1, 0.15) is 12.4 Å². The SMILES string of the molecule is COCc1nc(CN2CCCC2)n(-c2ccc(C)cc2)n1. The maximum atomic E-state index is 5.17. The normalized spacial score (nSPS) is 15.7. The standard InChI is InChI=1S/C16H22N4O/c1-13-5-7-14(8-6-13)20-16(11-19-9-3-4-10-19)17-15(18-20)12-21-2/h5-8H,3-4,9-12H2,1-2H3. The number of benzene rings is 1. The number of aromatic nitrogens is 3. The summed E-state index contributed by atoms with van der Waals surface area (Å²) in [7, 11) is 1.67. The van der Waals surface area contributed by atoms with E-state index in [1.807, 2.05) is 4.68 Å². The highest BCUT2D eigenvalue weighted by Gasteiger charge is 2.17. The van der Waals surface area contributed by atoms with Gasteiger partial charge in [-0.3, -0.25) is 4.90 Å². The Morgan fingerprint density at radius 1 is 1.14 bits per heavy atom. The minimum Gasteiger partial charge on any atom is -0.377 e. The van der Waals surface area contributed by atoms with Crippen molar-refractivity contribution in [1.82, 2.24) is 19.7 Å². The van der Waals surface area contributed by atoms with Crippen molar-refractivity contribution in [3.8, 4) is 5.69 Å². The maximum Gasteiger partial charge on any atom is 0.177 e. The van der Waals surface area contributed by atoms with E-state index in [0.717, 1.165) is 37.0 Å². The lowest BCUT2D eigenvalue weighted by Crippen LogP contribution is -2.21. The molecule has 0 atom stereocenters. The van der Waals surface area contributed by atoms with Gasteiger partial charge in [0.15, 0.2) is 5.82 Å². The average molecular weight is 286 g/mol. The van der Waals surface area contributed by atoms with Crippen LogP contribution in [0.5, 0.6) is 0 Å². The summed E-state index contributed by atoms with van der Waals surface area (Å²) in [5.74, 6) is 1.74. The molecular weight excluding hydrogens is 264 g/mol. The van der Waals surface area contributed by atoms with Crippen molar-refractivity contribution in [3.63, 3.8) is 0 Å². The van der Waals surface area contributed by atoms with Crippen LogP contribution in [0.25, 0.3) is 5.69 Å². The minimum absolute atomic E-state index is 0.450. The zero-order valence-corrected chi connectivity index (χ0v) is 12.7. The lowest BCUT2D eigenvalue weighted by Gasteiger charge is -2.14. The third kappa shape index (κ3) is 3.31. The highest BCUT2D eigenvalue weighted by atomic mass is 16.5. The number of nitrogens with zero attached hydrogens (tertiary/aromatic N) is 4. The van der Waals surface area contributed by atoms with Crippen molar-refractivity contribution in [2.24, 2.45) is 0 Å². The Bertz CT molecular complexity index is 585. The number of aryl methyl sites for hydroxylation is 1.